The summed E-state index contributed by atoms with van der Waals surface area (Å²) in [5.74, 6) is 2.58. The molecule has 4 heteroatoms. The summed E-state index contributed by atoms with van der Waals surface area (Å²) in [6, 6.07) is 9.59. The van der Waals surface area contributed by atoms with E-state index in [1.54, 1.807) is 7.11 Å². The maximum absolute atomic E-state index is 5.85. The molecule has 92 valence electrons. The van der Waals surface area contributed by atoms with Crippen molar-refractivity contribution in [3.63, 3.8) is 0 Å². The second kappa shape index (κ2) is 4.29. The van der Waals surface area contributed by atoms with Gasteiger partial charge in [-0.3, -0.25) is 0 Å². The number of hydrogen-bond acceptors (Lipinski definition) is 4. The Hall–Kier alpha value is -2.10. The normalized spacial score (nSPS) is 14.5. The van der Waals surface area contributed by atoms with Crippen molar-refractivity contribution in [2.24, 2.45) is 0 Å². The molecule has 1 aliphatic carbocycles. The summed E-state index contributed by atoms with van der Waals surface area (Å²) >= 11 is 0. The Kier molecular flexibility index (Phi) is 2.63. The Labute approximate surface area is 106 Å². The molecule has 0 bridgehead atoms. The lowest BCUT2D eigenvalue weighted by atomic mass is 10.2. The van der Waals surface area contributed by atoms with Gasteiger partial charge in [0, 0.05) is 23.2 Å². The van der Waals surface area contributed by atoms with E-state index < -0.39 is 0 Å². The van der Waals surface area contributed by atoms with Crippen LogP contribution in [0.25, 0.3) is 11.4 Å². The first kappa shape index (κ1) is 11.0. The topological polar surface area (TPSA) is 61.0 Å². The van der Waals surface area contributed by atoms with E-state index in [2.05, 4.69) is 9.97 Å². The van der Waals surface area contributed by atoms with Gasteiger partial charge in [0.1, 0.15) is 11.6 Å². The fourth-order valence-electron chi connectivity index (χ4n) is 1.97. The van der Waals surface area contributed by atoms with Crippen LogP contribution in [-0.2, 0) is 0 Å². The number of methoxy groups -OCH3 is 1. The second-order valence-electron chi connectivity index (χ2n) is 4.55. The average molecular weight is 241 g/mol. The van der Waals surface area contributed by atoms with Crippen LogP contribution in [0.1, 0.15) is 24.5 Å². The lowest BCUT2D eigenvalue weighted by Crippen LogP contribution is -1.99. The zero-order valence-electron chi connectivity index (χ0n) is 10.3. The molecule has 1 aromatic carbocycles. The van der Waals surface area contributed by atoms with Crippen LogP contribution in [0, 0.1) is 0 Å². The highest BCUT2D eigenvalue weighted by Crippen LogP contribution is 2.40. The smallest absolute Gasteiger partial charge is 0.161 e. The van der Waals surface area contributed by atoms with Crippen LogP contribution in [0.3, 0.4) is 0 Å². The zero-order chi connectivity index (χ0) is 12.5. The van der Waals surface area contributed by atoms with Crippen molar-refractivity contribution in [3.8, 4) is 17.1 Å². The van der Waals surface area contributed by atoms with Gasteiger partial charge in [-0.15, -0.1) is 0 Å². The van der Waals surface area contributed by atoms with Crippen molar-refractivity contribution in [3.05, 3.63) is 36.0 Å². The summed E-state index contributed by atoms with van der Waals surface area (Å²) in [7, 11) is 1.65. The van der Waals surface area contributed by atoms with Crippen LogP contribution in [0.5, 0.6) is 5.75 Å². The van der Waals surface area contributed by atoms with Gasteiger partial charge >= 0.3 is 0 Å². The molecule has 1 aromatic heterocycles. The van der Waals surface area contributed by atoms with Crippen molar-refractivity contribution in [1.29, 1.82) is 0 Å². The van der Waals surface area contributed by atoms with E-state index in [0.29, 0.717) is 17.6 Å². The van der Waals surface area contributed by atoms with Crippen molar-refractivity contribution in [2.75, 3.05) is 12.8 Å². The molecule has 3 rings (SSSR count). The van der Waals surface area contributed by atoms with Gasteiger partial charge in [0.05, 0.1) is 7.11 Å². The number of nitrogen functional groups attached to an aromatic ring is 1. The molecule has 0 saturated heterocycles. The quantitative estimate of drug-likeness (QED) is 0.897. The lowest BCUT2D eigenvalue weighted by molar-refractivity contribution is 0.415. The minimum Gasteiger partial charge on any atom is -0.497 e. The molecule has 0 radical (unpaired) electrons. The van der Waals surface area contributed by atoms with Crippen molar-refractivity contribution >= 4 is 5.82 Å². The predicted octanol–water partition coefficient (Wildman–Crippen LogP) is 2.61. The molecule has 4 nitrogen and oxygen atoms in total. The molecule has 0 unspecified atom stereocenters. The van der Waals surface area contributed by atoms with Crippen LogP contribution in [0.2, 0.25) is 0 Å². The van der Waals surface area contributed by atoms with Gasteiger partial charge in [-0.2, -0.15) is 0 Å². The van der Waals surface area contributed by atoms with Crippen LogP contribution in [0.15, 0.2) is 30.3 Å². The van der Waals surface area contributed by atoms with Gasteiger partial charge in [0.2, 0.25) is 0 Å². The van der Waals surface area contributed by atoms with Gasteiger partial charge in [0.25, 0.3) is 0 Å². The molecule has 1 fully saturated rings. The third kappa shape index (κ3) is 2.14. The van der Waals surface area contributed by atoms with Gasteiger partial charge in [-0.1, -0.05) is 12.1 Å². The summed E-state index contributed by atoms with van der Waals surface area (Å²) in [6.07, 6.45) is 2.40. The van der Waals surface area contributed by atoms with Crippen molar-refractivity contribution in [1.82, 2.24) is 9.97 Å². The molecule has 1 heterocycles. The Balaban J connectivity index is 2.04. The van der Waals surface area contributed by atoms with Crippen molar-refractivity contribution in [2.45, 2.75) is 18.8 Å². The summed E-state index contributed by atoms with van der Waals surface area (Å²) < 4.78 is 5.21. The minimum atomic E-state index is 0.532. The number of ether oxygens (including phenoxy) is 1. The number of nitrogens with two attached hydrogens (primary N) is 1. The molecule has 0 amide bonds. The fraction of sp³-hybridized carbons (Fsp3) is 0.286. The molecule has 18 heavy (non-hydrogen) atoms. The van der Waals surface area contributed by atoms with E-state index >= 15 is 0 Å². The van der Waals surface area contributed by atoms with Crippen LogP contribution in [-0.4, -0.2) is 17.1 Å². The Bertz CT molecular complexity index is 579. The summed E-state index contributed by atoms with van der Waals surface area (Å²) in [6.45, 7) is 0. The number of rotatable bonds is 3. The molecule has 0 spiro atoms. The Morgan fingerprint density at radius 3 is 2.78 bits per heavy atom. The standard InChI is InChI=1S/C14H15N3O/c1-18-11-4-2-3-10(7-11)14-16-12(9-5-6-9)8-13(15)17-14/h2-4,7-9H,5-6H2,1H3,(H2,15,16,17). The van der Waals surface area contributed by atoms with Gasteiger partial charge in [-0.05, 0) is 25.0 Å². The number of hydrogen-bond donors (Lipinski definition) is 1. The zero-order valence-corrected chi connectivity index (χ0v) is 10.3. The highest BCUT2D eigenvalue weighted by atomic mass is 16.5. The van der Waals surface area contributed by atoms with E-state index in [4.69, 9.17) is 10.5 Å². The third-order valence-electron chi connectivity index (χ3n) is 3.09. The van der Waals surface area contributed by atoms with Gasteiger partial charge in [-0.25, -0.2) is 9.97 Å². The summed E-state index contributed by atoms with van der Waals surface area (Å²) in [4.78, 5) is 8.90. The van der Waals surface area contributed by atoms with Crippen LogP contribution < -0.4 is 10.5 Å². The number of aromatic nitrogens is 2. The molecule has 0 atom stereocenters. The number of nitrogens with zero attached hydrogens (tertiary/aromatic N) is 2. The summed E-state index contributed by atoms with van der Waals surface area (Å²) in [5.41, 5.74) is 7.84. The van der Waals surface area contributed by atoms with Gasteiger partial charge < -0.3 is 10.5 Å². The first-order valence-corrected chi connectivity index (χ1v) is 6.05. The molecule has 2 aromatic rings. The first-order chi connectivity index (χ1) is 8.76. The maximum atomic E-state index is 5.85. The van der Waals surface area contributed by atoms with E-state index in [9.17, 15) is 0 Å². The largest absolute Gasteiger partial charge is 0.497 e. The second-order valence-corrected chi connectivity index (χ2v) is 4.55. The monoisotopic (exact) mass is 241 g/mol. The molecule has 2 N–H and O–H groups in total. The molecular weight excluding hydrogens is 226 g/mol. The first-order valence-electron chi connectivity index (χ1n) is 6.05. The van der Waals surface area contributed by atoms with E-state index in [1.807, 2.05) is 30.3 Å². The Morgan fingerprint density at radius 2 is 2.06 bits per heavy atom. The molecule has 0 aliphatic heterocycles. The van der Waals surface area contributed by atoms with E-state index in [1.165, 1.54) is 12.8 Å². The predicted molar refractivity (Wildman–Crippen MR) is 70.4 cm³/mol. The Morgan fingerprint density at radius 1 is 1.22 bits per heavy atom. The minimum absolute atomic E-state index is 0.532. The van der Waals surface area contributed by atoms with Crippen LogP contribution >= 0.6 is 0 Å². The number of benzene rings is 1. The highest BCUT2D eigenvalue weighted by Gasteiger charge is 2.26. The van der Waals surface area contributed by atoms with E-state index in [0.717, 1.165) is 17.0 Å². The van der Waals surface area contributed by atoms with E-state index in [-0.39, 0.29) is 0 Å². The summed E-state index contributed by atoms with van der Waals surface area (Å²) in [5, 5.41) is 0. The van der Waals surface area contributed by atoms with Gasteiger partial charge in [0.15, 0.2) is 5.82 Å². The highest BCUT2D eigenvalue weighted by molar-refractivity contribution is 5.59. The molecular formula is C14H15N3O. The SMILES string of the molecule is COc1cccc(-c2nc(N)cc(C3CC3)n2)c1. The third-order valence-corrected chi connectivity index (χ3v) is 3.09. The number of anilines is 1. The molecule has 1 saturated carbocycles. The lowest BCUT2D eigenvalue weighted by Gasteiger charge is -2.06. The molecule has 1 aliphatic rings. The van der Waals surface area contributed by atoms with Crippen molar-refractivity contribution < 1.29 is 4.74 Å². The van der Waals surface area contributed by atoms with Crippen LogP contribution in [0.4, 0.5) is 5.82 Å². The fourth-order valence-corrected chi connectivity index (χ4v) is 1.97. The average Bonchev–Trinajstić information content (AvgIpc) is 3.22. The maximum Gasteiger partial charge on any atom is 0.161 e.